The van der Waals surface area contributed by atoms with E-state index in [4.69, 9.17) is 0 Å². The number of sulfonamides is 1. The molecule has 0 spiro atoms. The van der Waals surface area contributed by atoms with Crippen LogP contribution in [0, 0.1) is 0 Å². The molecule has 1 aromatic carbocycles. The number of hydrogen-bond donors (Lipinski definition) is 0. The molecule has 0 aromatic heterocycles. The van der Waals surface area contributed by atoms with Crippen molar-refractivity contribution in [2.24, 2.45) is 0 Å². The largest absolute Gasteiger partial charge is 0.347 e. The maximum atomic E-state index is 12.7. The van der Waals surface area contributed by atoms with Crippen LogP contribution in [-0.4, -0.2) is 56.0 Å². The third-order valence-corrected chi connectivity index (χ3v) is 6.19. The number of amides is 1. The van der Waals surface area contributed by atoms with E-state index in [2.05, 4.69) is 0 Å². The third kappa shape index (κ3) is 3.67. The second kappa shape index (κ2) is 6.79. The Bertz CT molecular complexity index is 614. The molecule has 2 rings (SSSR count). The fraction of sp³-hybridized carbons (Fsp3) is 0.562. The summed E-state index contributed by atoms with van der Waals surface area (Å²) in [5.41, 5.74) is 1.00. The number of hydrogen-bond acceptors (Lipinski definition) is 3. The zero-order valence-corrected chi connectivity index (χ0v) is 14.2. The van der Waals surface area contributed by atoms with Crippen molar-refractivity contribution in [2.45, 2.75) is 31.7 Å². The normalized spacial score (nSPS) is 20.8. The topological polar surface area (TPSA) is 57.7 Å². The molecule has 1 amide bonds. The van der Waals surface area contributed by atoms with Crippen LogP contribution in [0.2, 0.25) is 0 Å². The minimum atomic E-state index is -3.45. The van der Waals surface area contributed by atoms with Gasteiger partial charge in [0.15, 0.2) is 0 Å². The lowest BCUT2D eigenvalue weighted by Crippen LogP contribution is -2.46. The first-order chi connectivity index (χ1) is 10.3. The van der Waals surface area contributed by atoms with Gasteiger partial charge in [-0.05, 0) is 24.3 Å². The van der Waals surface area contributed by atoms with Crippen molar-refractivity contribution in [3.63, 3.8) is 0 Å². The highest BCUT2D eigenvalue weighted by Crippen LogP contribution is 2.26. The summed E-state index contributed by atoms with van der Waals surface area (Å²) in [7, 11) is -0.120. The Balaban J connectivity index is 2.14. The minimum absolute atomic E-state index is 0.0359. The van der Waals surface area contributed by atoms with Crippen LogP contribution >= 0.6 is 0 Å². The molecule has 0 radical (unpaired) electrons. The Morgan fingerprint density at radius 2 is 1.95 bits per heavy atom. The molecule has 0 saturated carbocycles. The van der Waals surface area contributed by atoms with Crippen molar-refractivity contribution >= 4 is 15.9 Å². The Morgan fingerprint density at radius 1 is 1.32 bits per heavy atom. The summed E-state index contributed by atoms with van der Waals surface area (Å²) in [4.78, 5) is 13.6. The Morgan fingerprint density at radius 3 is 2.55 bits per heavy atom. The highest BCUT2D eigenvalue weighted by molar-refractivity contribution is 7.89. The SMILES string of the molecule is CC(CS(=O)(=O)N1CCCC1C(=O)N(C)C)c1ccccc1. The number of likely N-dealkylation sites (N-methyl/N-ethyl adjacent to an activating group) is 1. The van der Waals surface area contributed by atoms with Crippen LogP contribution in [0.4, 0.5) is 0 Å². The minimum Gasteiger partial charge on any atom is -0.347 e. The molecule has 1 saturated heterocycles. The summed E-state index contributed by atoms with van der Waals surface area (Å²) < 4.78 is 26.8. The molecule has 6 heteroatoms. The van der Waals surface area contributed by atoms with Gasteiger partial charge in [0.2, 0.25) is 15.9 Å². The number of rotatable bonds is 5. The van der Waals surface area contributed by atoms with Gasteiger partial charge in [-0.15, -0.1) is 0 Å². The maximum Gasteiger partial charge on any atom is 0.240 e. The van der Waals surface area contributed by atoms with Gasteiger partial charge in [-0.25, -0.2) is 8.42 Å². The first-order valence-electron chi connectivity index (χ1n) is 7.58. The molecule has 0 bridgehead atoms. The standard InChI is InChI=1S/C16H24N2O3S/c1-13(14-8-5-4-6-9-14)12-22(20,21)18-11-7-10-15(18)16(19)17(2)3/h4-6,8-9,13,15H,7,10-12H2,1-3H3. The van der Waals surface area contributed by atoms with E-state index in [-0.39, 0.29) is 17.6 Å². The van der Waals surface area contributed by atoms with Gasteiger partial charge >= 0.3 is 0 Å². The van der Waals surface area contributed by atoms with E-state index in [9.17, 15) is 13.2 Å². The molecular weight excluding hydrogens is 300 g/mol. The lowest BCUT2D eigenvalue weighted by molar-refractivity contribution is -0.132. The van der Waals surface area contributed by atoms with Crippen molar-refractivity contribution in [3.05, 3.63) is 35.9 Å². The van der Waals surface area contributed by atoms with Gasteiger partial charge in [-0.3, -0.25) is 4.79 Å². The zero-order valence-electron chi connectivity index (χ0n) is 13.4. The first kappa shape index (κ1) is 17.0. The summed E-state index contributed by atoms with van der Waals surface area (Å²) in [6.45, 7) is 2.35. The van der Waals surface area contributed by atoms with Gasteiger partial charge in [-0.1, -0.05) is 37.3 Å². The Kier molecular flexibility index (Phi) is 5.24. The average molecular weight is 324 g/mol. The monoisotopic (exact) mass is 324 g/mol. The predicted molar refractivity (Wildman–Crippen MR) is 87.1 cm³/mol. The van der Waals surface area contributed by atoms with Crippen LogP contribution in [0.15, 0.2) is 30.3 Å². The van der Waals surface area contributed by atoms with E-state index in [0.717, 1.165) is 12.0 Å². The van der Waals surface area contributed by atoms with Crippen LogP contribution in [0.25, 0.3) is 0 Å². The summed E-state index contributed by atoms with van der Waals surface area (Å²) in [5.74, 6) is -0.191. The molecule has 2 unspecified atom stereocenters. The highest BCUT2D eigenvalue weighted by atomic mass is 32.2. The van der Waals surface area contributed by atoms with Gasteiger partial charge < -0.3 is 4.90 Å². The van der Waals surface area contributed by atoms with E-state index < -0.39 is 16.1 Å². The lowest BCUT2D eigenvalue weighted by Gasteiger charge is -2.26. The fourth-order valence-corrected chi connectivity index (χ4v) is 4.91. The van der Waals surface area contributed by atoms with Gasteiger partial charge in [0.1, 0.15) is 6.04 Å². The summed E-state index contributed by atoms with van der Waals surface area (Å²) in [5, 5.41) is 0. The molecule has 1 aliphatic rings. The highest BCUT2D eigenvalue weighted by Gasteiger charge is 2.39. The molecule has 1 aromatic rings. The van der Waals surface area contributed by atoms with E-state index in [1.807, 2.05) is 37.3 Å². The van der Waals surface area contributed by atoms with E-state index in [1.165, 1.54) is 9.21 Å². The summed E-state index contributed by atoms with van der Waals surface area (Å²) in [6, 6.07) is 9.07. The molecular formula is C16H24N2O3S. The molecule has 5 nitrogen and oxygen atoms in total. The van der Waals surface area contributed by atoms with Crippen LogP contribution in [0.5, 0.6) is 0 Å². The van der Waals surface area contributed by atoms with Crippen molar-refractivity contribution in [1.29, 1.82) is 0 Å². The van der Waals surface area contributed by atoms with Crippen molar-refractivity contribution in [3.8, 4) is 0 Å². The number of benzene rings is 1. The molecule has 1 aliphatic heterocycles. The quantitative estimate of drug-likeness (QED) is 0.828. The second-order valence-electron chi connectivity index (χ2n) is 6.09. The zero-order chi connectivity index (χ0) is 16.3. The molecule has 2 atom stereocenters. The first-order valence-corrected chi connectivity index (χ1v) is 9.19. The maximum absolute atomic E-state index is 12.7. The van der Waals surface area contributed by atoms with Gasteiger partial charge in [0, 0.05) is 20.6 Å². The number of carbonyl (C=O) groups is 1. The average Bonchev–Trinajstić information content (AvgIpc) is 2.97. The number of nitrogens with zero attached hydrogens (tertiary/aromatic N) is 2. The van der Waals surface area contributed by atoms with Crippen LogP contribution in [0.3, 0.4) is 0 Å². The summed E-state index contributed by atoms with van der Waals surface area (Å²) in [6.07, 6.45) is 1.35. The predicted octanol–water partition coefficient (Wildman–Crippen LogP) is 1.67. The molecule has 1 heterocycles. The molecule has 0 N–H and O–H groups in total. The summed E-state index contributed by atoms with van der Waals surface area (Å²) >= 11 is 0. The van der Waals surface area contributed by atoms with E-state index in [1.54, 1.807) is 14.1 Å². The smallest absolute Gasteiger partial charge is 0.240 e. The second-order valence-corrected chi connectivity index (χ2v) is 8.06. The molecule has 1 fully saturated rings. The van der Waals surface area contributed by atoms with Gasteiger partial charge in [0.25, 0.3) is 0 Å². The van der Waals surface area contributed by atoms with E-state index >= 15 is 0 Å². The molecule has 0 aliphatic carbocycles. The third-order valence-electron chi connectivity index (χ3n) is 4.12. The van der Waals surface area contributed by atoms with Crippen molar-refractivity contribution < 1.29 is 13.2 Å². The molecule has 122 valence electrons. The van der Waals surface area contributed by atoms with Crippen LogP contribution in [-0.2, 0) is 14.8 Å². The Hall–Kier alpha value is -1.40. The van der Waals surface area contributed by atoms with Gasteiger partial charge in [0.05, 0.1) is 5.75 Å². The van der Waals surface area contributed by atoms with Crippen LogP contribution in [0.1, 0.15) is 31.2 Å². The Labute approximate surface area is 133 Å². The molecule has 22 heavy (non-hydrogen) atoms. The van der Waals surface area contributed by atoms with E-state index in [0.29, 0.717) is 13.0 Å². The van der Waals surface area contributed by atoms with Crippen LogP contribution < -0.4 is 0 Å². The number of carbonyl (C=O) groups excluding carboxylic acids is 1. The van der Waals surface area contributed by atoms with Crippen molar-refractivity contribution in [2.75, 3.05) is 26.4 Å². The van der Waals surface area contributed by atoms with Gasteiger partial charge in [-0.2, -0.15) is 4.31 Å². The lowest BCUT2D eigenvalue weighted by atomic mass is 10.0. The van der Waals surface area contributed by atoms with Crippen molar-refractivity contribution in [1.82, 2.24) is 9.21 Å². The fourth-order valence-electron chi connectivity index (χ4n) is 2.91.